The first-order valence-corrected chi connectivity index (χ1v) is 8.46. The third-order valence-corrected chi connectivity index (χ3v) is 3.71. The average Bonchev–Trinajstić information content (AvgIpc) is 2.57. The fraction of sp³-hybridized carbons (Fsp3) is 0.765. The molecule has 0 spiro atoms. The molecule has 24 heavy (non-hydrogen) atoms. The third kappa shape index (κ3) is 8.31. The molecule has 0 aromatic rings. The summed E-state index contributed by atoms with van der Waals surface area (Å²) in [7, 11) is 3.74. The molecule has 0 rings (SSSR count). The number of methoxy groups -OCH3 is 1. The lowest BCUT2D eigenvalue weighted by Crippen LogP contribution is -2.32. The van der Waals surface area contributed by atoms with Crippen molar-refractivity contribution in [1.29, 1.82) is 0 Å². The first-order chi connectivity index (χ1) is 11.5. The second-order valence-electron chi connectivity index (χ2n) is 5.47. The van der Waals surface area contributed by atoms with Gasteiger partial charge in [-0.2, -0.15) is 0 Å². The van der Waals surface area contributed by atoms with Gasteiger partial charge in [-0.15, -0.1) is 0 Å². The molecule has 7 heteroatoms. The van der Waals surface area contributed by atoms with Crippen LogP contribution in [-0.2, 0) is 24.0 Å². The lowest BCUT2D eigenvalue weighted by molar-refractivity contribution is -0.316. The van der Waals surface area contributed by atoms with Crippen molar-refractivity contribution in [3.05, 3.63) is 11.3 Å². The van der Waals surface area contributed by atoms with Crippen LogP contribution < -0.4 is 0 Å². The van der Waals surface area contributed by atoms with Gasteiger partial charge >= 0.3 is 11.9 Å². The van der Waals surface area contributed by atoms with Crippen molar-refractivity contribution in [3.8, 4) is 0 Å². The second-order valence-corrected chi connectivity index (χ2v) is 5.47. The molecule has 0 atom stereocenters. The lowest BCUT2D eigenvalue weighted by atomic mass is 10.0. The zero-order valence-electron chi connectivity index (χ0n) is 15.3. The van der Waals surface area contributed by atoms with Gasteiger partial charge in [0.25, 0.3) is 0 Å². The molecule has 0 radical (unpaired) electrons. The normalized spacial score (nSPS) is 11.8. The average molecular weight is 345 g/mol. The number of carboxylic acid groups (broad SMARTS) is 1. The Bertz CT molecular complexity index is 404. The highest BCUT2D eigenvalue weighted by atomic mass is 16.9. The van der Waals surface area contributed by atoms with Gasteiger partial charge in [-0.1, -0.05) is 57.1 Å². The van der Waals surface area contributed by atoms with Crippen molar-refractivity contribution in [3.63, 3.8) is 0 Å². The number of unbranched alkanes of at least 4 members (excludes halogenated alkanes) is 7. The van der Waals surface area contributed by atoms with Gasteiger partial charge in [0.05, 0.1) is 26.9 Å². The van der Waals surface area contributed by atoms with Gasteiger partial charge in [-0.05, 0) is 12.8 Å². The predicted molar refractivity (Wildman–Crippen MR) is 89.8 cm³/mol. The molecular weight excluding hydrogens is 314 g/mol. The fourth-order valence-electron chi connectivity index (χ4n) is 2.42. The highest BCUT2D eigenvalue weighted by Gasteiger charge is 2.26. The van der Waals surface area contributed by atoms with E-state index in [1.54, 1.807) is 0 Å². The summed E-state index contributed by atoms with van der Waals surface area (Å²) in [5.74, 6) is -2.22. The summed E-state index contributed by atoms with van der Waals surface area (Å²) in [5, 5.41) is 9.94. The van der Waals surface area contributed by atoms with Gasteiger partial charge in [0.15, 0.2) is 5.76 Å². The van der Waals surface area contributed by atoms with Crippen LogP contribution in [0.25, 0.3) is 0 Å². The molecule has 1 amide bonds. The van der Waals surface area contributed by atoms with E-state index < -0.39 is 11.9 Å². The minimum atomic E-state index is -1.17. The van der Waals surface area contributed by atoms with Crippen molar-refractivity contribution >= 4 is 11.9 Å². The Hall–Kier alpha value is -1.60. The Balaban J connectivity index is 4.59. The summed E-state index contributed by atoms with van der Waals surface area (Å²) >= 11 is 0. The minimum Gasteiger partial charge on any atom is -0.491 e. The Morgan fingerprint density at radius 2 is 1.38 bits per heavy atom. The van der Waals surface area contributed by atoms with Crippen LogP contribution in [0, 0.1) is 0 Å². The van der Waals surface area contributed by atoms with Crippen molar-refractivity contribution < 1.29 is 29.1 Å². The van der Waals surface area contributed by atoms with E-state index in [1.165, 1.54) is 47.0 Å². The van der Waals surface area contributed by atoms with Crippen molar-refractivity contribution in [1.82, 2.24) is 5.23 Å². The van der Waals surface area contributed by atoms with Gasteiger partial charge in [-0.3, -0.25) is 4.79 Å². The maximum absolute atomic E-state index is 12.1. The minimum absolute atomic E-state index is 0.0624. The summed E-state index contributed by atoms with van der Waals surface area (Å²) in [6.45, 7) is 2.18. The van der Waals surface area contributed by atoms with E-state index in [2.05, 4.69) is 6.92 Å². The largest absolute Gasteiger partial charge is 0.491 e. The summed E-state index contributed by atoms with van der Waals surface area (Å²) in [6, 6.07) is 0. The van der Waals surface area contributed by atoms with Crippen LogP contribution in [-0.4, -0.2) is 43.5 Å². The Labute approximate surface area is 144 Å². The topological polar surface area (TPSA) is 85.3 Å². The highest BCUT2D eigenvalue weighted by molar-refractivity contribution is 5.99. The molecule has 0 aromatic carbocycles. The van der Waals surface area contributed by atoms with Gasteiger partial charge < -0.3 is 9.84 Å². The monoisotopic (exact) mass is 345 g/mol. The SMILES string of the molecule is CCCCCCCCCC/C(C(=O)O)=C(\OC)C(=O)N(OC)OC. The number of hydrogen-bond acceptors (Lipinski definition) is 5. The number of hydrogen-bond donors (Lipinski definition) is 1. The van der Waals surface area contributed by atoms with Crippen LogP contribution in [0.15, 0.2) is 11.3 Å². The smallest absolute Gasteiger partial charge is 0.338 e. The second kappa shape index (κ2) is 13.8. The number of nitrogens with zero attached hydrogens (tertiary/aromatic N) is 1. The summed E-state index contributed by atoms with van der Waals surface area (Å²) in [5.41, 5.74) is -0.0624. The molecule has 0 fully saturated rings. The molecule has 0 unspecified atom stereocenters. The molecule has 1 N–H and O–H groups in total. The molecule has 7 nitrogen and oxygen atoms in total. The van der Waals surface area contributed by atoms with E-state index in [0.29, 0.717) is 11.6 Å². The number of aliphatic carboxylic acids is 1. The van der Waals surface area contributed by atoms with E-state index >= 15 is 0 Å². The number of carbonyl (C=O) groups excluding carboxylic acids is 1. The number of carbonyl (C=O) groups is 2. The van der Waals surface area contributed by atoms with Gasteiger partial charge in [-0.25, -0.2) is 14.5 Å². The van der Waals surface area contributed by atoms with E-state index in [9.17, 15) is 14.7 Å². The van der Waals surface area contributed by atoms with E-state index in [1.807, 2.05) is 0 Å². The van der Waals surface area contributed by atoms with Crippen LogP contribution in [0.3, 0.4) is 0 Å². The van der Waals surface area contributed by atoms with Gasteiger partial charge in [0.2, 0.25) is 0 Å². The summed E-state index contributed by atoms with van der Waals surface area (Å²) in [4.78, 5) is 33.0. The van der Waals surface area contributed by atoms with Gasteiger partial charge in [0, 0.05) is 0 Å². The predicted octanol–water partition coefficient (Wildman–Crippen LogP) is 3.45. The van der Waals surface area contributed by atoms with Crippen LogP contribution in [0.1, 0.15) is 64.7 Å². The first-order valence-electron chi connectivity index (χ1n) is 8.46. The highest BCUT2D eigenvalue weighted by Crippen LogP contribution is 2.18. The molecule has 140 valence electrons. The molecule has 0 aromatic heterocycles. The number of amides is 1. The number of hydroxylamine groups is 2. The van der Waals surface area contributed by atoms with Crippen molar-refractivity contribution in [2.24, 2.45) is 0 Å². The zero-order valence-corrected chi connectivity index (χ0v) is 15.3. The molecule has 0 aliphatic rings. The van der Waals surface area contributed by atoms with Gasteiger partial charge in [0.1, 0.15) is 0 Å². The van der Waals surface area contributed by atoms with E-state index in [0.717, 1.165) is 19.3 Å². The number of carboxylic acids is 1. The quantitative estimate of drug-likeness (QED) is 0.225. The van der Waals surface area contributed by atoms with Crippen LogP contribution >= 0.6 is 0 Å². The number of ether oxygens (including phenoxy) is 1. The maximum atomic E-state index is 12.1. The summed E-state index contributed by atoms with van der Waals surface area (Å²) in [6.07, 6.45) is 9.05. The van der Waals surface area contributed by atoms with Crippen LogP contribution in [0.4, 0.5) is 0 Å². The molecule has 0 aliphatic carbocycles. The standard InChI is InChI=1S/C17H31NO6/c1-5-6-7-8-9-10-11-12-13-14(17(20)21)15(22-2)16(19)18(23-3)24-4/h5-13H2,1-4H3,(H,20,21)/b15-14+. The molecule has 0 bridgehead atoms. The first kappa shape index (κ1) is 22.4. The third-order valence-electron chi connectivity index (χ3n) is 3.71. The molecule has 0 heterocycles. The molecular formula is C17H31NO6. The van der Waals surface area contributed by atoms with E-state index in [-0.39, 0.29) is 17.8 Å². The van der Waals surface area contributed by atoms with Crippen LogP contribution in [0.5, 0.6) is 0 Å². The Kier molecular flexibility index (Phi) is 12.9. The fourth-order valence-corrected chi connectivity index (χ4v) is 2.42. The summed E-state index contributed by atoms with van der Waals surface area (Å²) < 4.78 is 4.99. The molecule has 0 saturated carbocycles. The Morgan fingerprint density at radius 3 is 1.79 bits per heavy atom. The van der Waals surface area contributed by atoms with Crippen molar-refractivity contribution in [2.45, 2.75) is 64.7 Å². The van der Waals surface area contributed by atoms with E-state index in [4.69, 9.17) is 14.4 Å². The maximum Gasteiger partial charge on any atom is 0.338 e. The molecule has 0 aliphatic heterocycles. The zero-order chi connectivity index (χ0) is 18.4. The Morgan fingerprint density at radius 1 is 0.875 bits per heavy atom. The van der Waals surface area contributed by atoms with Crippen LogP contribution in [0.2, 0.25) is 0 Å². The van der Waals surface area contributed by atoms with Crippen molar-refractivity contribution in [2.75, 3.05) is 21.3 Å². The molecule has 0 saturated heterocycles. The number of rotatable bonds is 14. The lowest BCUT2D eigenvalue weighted by Gasteiger charge is -2.18.